The van der Waals surface area contributed by atoms with Gasteiger partial charge in [-0.3, -0.25) is 4.79 Å². The monoisotopic (exact) mass is 404 g/mol. The largest absolute Gasteiger partial charge is 0.388 e. The van der Waals surface area contributed by atoms with E-state index < -0.39 is 6.10 Å². The molecule has 4 rings (SSSR count). The highest BCUT2D eigenvalue weighted by molar-refractivity contribution is 6.03. The van der Waals surface area contributed by atoms with Crippen LogP contribution >= 0.6 is 0 Å². The first-order chi connectivity index (χ1) is 14.6. The standard InChI is InChI=1S/C25H25FN2O2/c26-20-10-12-21(13-11-20)28-24(19-8-6-17(16-27)7-9-19)22(25(28)30)14-15-23(29)18-4-2-1-3-5-18/h1-13,22-24,29H,14-16,27H2. The van der Waals surface area contributed by atoms with E-state index in [2.05, 4.69) is 0 Å². The highest BCUT2D eigenvalue weighted by atomic mass is 19.1. The van der Waals surface area contributed by atoms with Gasteiger partial charge in [-0.1, -0.05) is 54.6 Å². The van der Waals surface area contributed by atoms with Gasteiger partial charge in [0, 0.05) is 12.2 Å². The number of nitrogens with zero attached hydrogens (tertiary/aromatic N) is 1. The van der Waals surface area contributed by atoms with E-state index in [0.29, 0.717) is 25.1 Å². The van der Waals surface area contributed by atoms with E-state index in [0.717, 1.165) is 16.7 Å². The SMILES string of the molecule is NCc1ccc(C2C(CCC(O)c3ccccc3)C(=O)N2c2ccc(F)cc2)cc1. The zero-order valence-electron chi connectivity index (χ0n) is 16.6. The van der Waals surface area contributed by atoms with Crippen LogP contribution in [0.2, 0.25) is 0 Å². The van der Waals surface area contributed by atoms with Crippen molar-refractivity contribution in [1.29, 1.82) is 0 Å². The zero-order chi connectivity index (χ0) is 21.1. The van der Waals surface area contributed by atoms with Crippen LogP contribution in [-0.4, -0.2) is 11.0 Å². The summed E-state index contributed by atoms with van der Waals surface area (Å²) in [6, 6.07) is 23.2. The van der Waals surface area contributed by atoms with Crippen molar-refractivity contribution in [2.45, 2.75) is 31.5 Å². The molecule has 1 fully saturated rings. The van der Waals surface area contributed by atoms with Crippen molar-refractivity contribution in [3.05, 3.63) is 101 Å². The maximum atomic E-state index is 13.4. The molecule has 3 N–H and O–H groups in total. The molecule has 3 aromatic carbocycles. The van der Waals surface area contributed by atoms with E-state index >= 15 is 0 Å². The number of carbonyl (C=O) groups is 1. The summed E-state index contributed by atoms with van der Waals surface area (Å²) >= 11 is 0. The zero-order valence-corrected chi connectivity index (χ0v) is 16.6. The molecule has 1 aliphatic heterocycles. The number of benzene rings is 3. The molecule has 1 aliphatic rings. The van der Waals surface area contributed by atoms with Crippen LogP contribution in [0.5, 0.6) is 0 Å². The number of hydrogen-bond acceptors (Lipinski definition) is 3. The van der Waals surface area contributed by atoms with Gasteiger partial charge in [-0.2, -0.15) is 0 Å². The first kappa shape index (κ1) is 20.3. The third kappa shape index (κ3) is 3.99. The number of anilines is 1. The van der Waals surface area contributed by atoms with Crippen LogP contribution in [0.1, 0.15) is 41.7 Å². The molecule has 5 heteroatoms. The second-order valence-electron chi connectivity index (χ2n) is 7.69. The normalized spacial score (nSPS) is 19.4. The van der Waals surface area contributed by atoms with Gasteiger partial charge < -0.3 is 15.7 Å². The van der Waals surface area contributed by atoms with Crippen molar-refractivity contribution >= 4 is 11.6 Å². The van der Waals surface area contributed by atoms with Crippen LogP contribution in [0.4, 0.5) is 10.1 Å². The van der Waals surface area contributed by atoms with E-state index in [1.807, 2.05) is 54.6 Å². The number of aliphatic hydroxyl groups excluding tert-OH is 1. The molecule has 0 aliphatic carbocycles. The van der Waals surface area contributed by atoms with Crippen LogP contribution in [0.15, 0.2) is 78.9 Å². The van der Waals surface area contributed by atoms with E-state index in [4.69, 9.17) is 5.73 Å². The fourth-order valence-electron chi connectivity index (χ4n) is 4.13. The highest BCUT2D eigenvalue weighted by Crippen LogP contribution is 2.46. The molecule has 0 spiro atoms. The fraction of sp³-hybridized carbons (Fsp3) is 0.240. The lowest BCUT2D eigenvalue weighted by molar-refractivity contribution is -0.131. The second kappa shape index (κ2) is 8.78. The van der Waals surface area contributed by atoms with Gasteiger partial charge in [-0.15, -0.1) is 0 Å². The highest BCUT2D eigenvalue weighted by Gasteiger charge is 2.48. The maximum absolute atomic E-state index is 13.4. The minimum Gasteiger partial charge on any atom is -0.388 e. The van der Waals surface area contributed by atoms with Crippen molar-refractivity contribution in [1.82, 2.24) is 0 Å². The predicted octanol–water partition coefficient (Wildman–Crippen LogP) is 4.50. The van der Waals surface area contributed by atoms with Gasteiger partial charge in [0.15, 0.2) is 0 Å². The molecule has 4 nitrogen and oxygen atoms in total. The van der Waals surface area contributed by atoms with Gasteiger partial charge in [-0.05, 0) is 53.8 Å². The molecule has 0 saturated carbocycles. The van der Waals surface area contributed by atoms with E-state index in [1.165, 1.54) is 12.1 Å². The Morgan fingerprint density at radius 2 is 1.63 bits per heavy atom. The summed E-state index contributed by atoms with van der Waals surface area (Å²) < 4.78 is 13.4. The van der Waals surface area contributed by atoms with Crippen LogP contribution < -0.4 is 10.6 Å². The maximum Gasteiger partial charge on any atom is 0.233 e. The van der Waals surface area contributed by atoms with Gasteiger partial charge in [0.1, 0.15) is 5.82 Å². The molecular weight excluding hydrogens is 379 g/mol. The minimum absolute atomic E-state index is 0.00484. The number of aliphatic hydroxyl groups is 1. The third-order valence-electron chi connectivity index (χ3n) is 5.81. The van der Waals surface area contributed by atoms with Crippen LogP contribution in [0, 0.1) is 11.7 Å². The summed E-state index contributed by atoms with van der Waals surface area (Å²) in [7, 11) is 0. The fourth-order valence-corrected chi connectivity index (χ4v) is 4.13. The molecule has 3 unspecified atom stereocenters. The average molecular weight is 404 g/mol. The van der Waals surface area contributed by atoms with Crippen LogP contribution in [0.25, 0.3) is 0 Å². The predicted molar refractivity (Wildman–Crippen MR) is 115 cm³/mol. The minimum atomic E-state index is -0.612. The number of carbonyl (C=O) groups excluding carboxylic acids is 1. The Morgan fingerprint density at radius 3 is 2.27 bits per heavy atom. The first-order valence-corrected chi connectivity index (χ1v) is 10.2. The summed E-state index contributed by atoms with van der Waals surface area (Å²) in [5.41, 5.74) is 9.27. The van der Waals surface area contributed by atoms with E-state index in [1.54, 1.807) is 17.0 Å². The first-order valence-electron chi connectivity index (χ1n) is 10.2. The molecule has 0 radical (unpaired) electrons. The van der Waals surface area contributed by atoms with Crippen LogP contribution in [0.3, 0.4) is 0 Å². The summed E-state index contributed by atoms with van der Waals surface area (Å²) in [5, 5.41) is 10.5. The summed E-state index contributed by atoms with van der Waals surface area (Å²) in [6.07, 6.45) is 0.449. The van der Waals surface area contributed by atoms with Gasteiger partial charge in [0.25, 0.3) is 0 Å². The summed E-state index contributed by atoms with van der Waals surface area (Å²) in [4.78, 5) is 14.8. The molecule has 0 bridgehead atoms. The number of β-lactam (4-membered cyclic amide) rings is 1. The molecule has 30 heavy (non-hydrogen) atoms. The Bertz CT molecular complexity index is 990. The van der Waals surface area contributed by atoms with Gasteiger partial charge in [-0.25, -0.2) is 4.39 Å². The summed E-state index contributed by atoms with van der Waals surface area (Å²) in [5.74, 6) is -0.579. The number of rotatable bonds is 7. The summed E-state index contributed by atoms with van der Waals surface area (Å²) in [6.45, 7) is 0.457. The van der Waals surface area contributed by atoms with Crippen molar-refractivity contribution in [3.63, 3.8) is 0 Å². The third-order valence-corrected chi connectivity index (χ3v) is 5.81. The van der Waals surface area contributed by atoms with Gasteiger partial charge in [0.2, 0.25) is 5.91 Å². The quantitative estimate of drug-likeness (QED) is 0.570. The van der Waals surface area contributed by atoms with Gasteiger partial charge in [0.05, 0.1) is 18.1 Å². The van der Waals surface area contributed by atoms with Crippen molar-refractivity contribution in [2.75, 3.05) is 4.90 Å². The number of halogens is 1. The Kier molecular flexibility index (Phi) is 5.93. The van der Waals surface area contributed by atoms with Crippen LogP contribution in [-0.2, 0) is 11.3 Å². The molecule has 3 atom stereocenters. The van der Waals surface area contributed by atoms with Crippen molar-refractivity contribution < 1.29 is 14.3 Å². The lowest BCUT2D eigenvalue weighted by Crippen LogP contribution is -2.55. The molecular formula is C25H25FN2O2. The Morgan fingerprint density at radius 1 is 0.967 bits per heavy atom. The number of nitrogens with two attached hydrogens (primary N) is 1. The molecule has 0 aromatic heterocycles. The Labute approximate surface area is 175 Å². The number of amides is 1. The Balaban J connectivity index is 1.56. The average Bonchev–Trinajstić information content (AvgIpc) is 2.79. The van der Waals surface area contributed by atoms with E-state index in [-0.39, 0.29) is 23.7 Å². The van der Waals surface area contributed by atoms with Crippen molar-refractivity contribution in [2.24, 2.45) is 11.7 Å². The van der Waals surface area contributed by atoms with Gasteiger partial charge >= 0.3 is 0 Å². The van der Waals surface area contributed by atoms with Crippen molar-refractivity contribution in [3.8, 4) is 0 Å². The molecule has 1 heterocycles. The molecule has 1 saturated heterocycles. The molecule has 154 valence electrons. The smallest absolute Gasteiger partial charge is 0.233 e. The lowest BCUT2D eigenvalue weighted by Gasteiger charge is -2.48. The molecule has 3 aromatic rings. The Hall–Kier alpha value is -3.02. The second-order valence-corrected chi connectivity index (χ2v) is 7.69. The lowest BCUT2D eigenvalue weighted by atomic mass is 9.78. The number of hydrogen-bond donors (Lipinski definition) is 2. The topological polar surface area (TPSA) is 66.6 Å². The van der Waals surface area contributed by atoms with E-state index in [9.17, 15) is 14.3 Å². The molecule has 1 amide bonds.